The van der Waals surface area contributed by atoms with Crippen LogP contribution in [0.5, 0.6) is 11.5 Å². The van der Waals surface area contributed by atoms with E-state index in [0.29, 0.717) is 24.9 Å². The molecule has 0 saturated heterocycles. The lowest BCUT2D eigenvalue weighted by Crippen LogP contribution is -2.28. The van der Waals surface area contributed by atoms with E-state index in [-0.39, 0.29) is 11.7 Å². The van der Waals surface area contributed by atoms with Gasteiger partial charge in [-0.05, 0) is 128 Å². The first-order chi connectivity index (χ1) is 15.6. The molecule has 2 rings (SSSR count). The molecule has 182 valence electrons. The van der Waals surface area contributed by atoms with E-state index in [9.17, 15) is 14.7 Å². The number of nitrogens with zero attached hydrogens (tertiary/aromatic N) is 1. The van der Waals surface area contributed by atoms with Crippen LogP contribution in [0.3, 0.4) is 0 Å². The molecule has 0 aliphatic carbocycles. The van der Waals surface area contributed by atoms with Crippen molar-refractivity contribution in [2.24, 2.45) is 0 Å². The lowest BCUT2D eigenvalue weighted by Gasteiger charge is -2.19. The van der Waals surface area contributed by atoms with E-state index in [1.807, 2.05) is 45.2 Å². The molecule has 33 heavy (non-hydrogen) atoms. The van der Waals surface area contributed by atoms with E-state index < -0.39 is 5.97 Å². The van der Waals surface area contributed by atoms with Gasteiger partial charge in [-0.25, -0.2) is 9.59 Å². The van der Waals surface area contributed by atoms with Crippen LogP contribution in [-0.2, 0) is 9.47 Å². The Morgan fingerprint density at radius 2 is 1.21 bits per heavy atom. The Hall–Kier alpha value is -0.140. The van der Waals surface area contributed by atoms with Gasteiger partial charge in [-0.2, -0.15) is 0 Å². The van der Waals surface area contributed by atoms with Crippen molar-refractivity contribution in [2.75, 3.05) is 40.5 Å². The summed E-state index contributed by atoms with van der Waals surface area (Å²) >= 11 is 8.30. The molecule has 0 bridgehead atoms. The summed E-state index contributed by atoms with van der Waals surface area (Å²) < 4.78 is 18.3. The molecule has 0 aliphatic heterocycles. The summed E-state index contributed by atoms with van der Waals surface area (Å²) in [6.45, 7) is 7.87. The van der Waals surface area contributed by atoms with Gasteiger partial charge in [0.05, 0.1) is 39.6 Å². The van der Waals surface area contributed by atoms with Crippen LogP contribution in [0.15, 0.2) is 24.3 Å². The Balaban J connectivity index is 0.000000361. The third-order valence-corrected chi connectivity index (χ3v) is 7.65. The normalized spacial score (nSPS) is 10.3. The number of aromatic hydroxyl groups is 1. The van der Waals surface area contributed by atoms with Crippen LogP contribution in [0, 0.1) is 14.3 Å². The molecule has 0 aromatic heterocycles. The van der Waals surface area contributed by atoms with Crippen molar-refractivity contribution in [3.63, 3.8) is 0 Å². The number of hydrogen-bond donors (Lipinski definition) is 1. The zero-order valence-electron chi connectivity index (χ0n) is 18.6. The number of phenols is 1. The second-order valence-electron chi connectivity index (χ2n) is 6.42. The summed E-state index contributed by atoms with van der Waals surface area (Å²) in [7, 11) is 2.71. The van der Waals surface area contributed by atoms with Gasteiger partial charge in [-0.3, -0.25) is 0 Å². The third-order valence-electron chi connectivity index (χ3n) is 4.41. The molecule has 0 unspecified atom stereocenters. The Bertz CT molecular complexity index is 920. The summed E-state index contributed by atoms with van der Waals surface area (Å²) in [4.78, 5) is 25.0. The van der Waals surface area contributed by atoms with Crippen LogP contribution in [0.25, 0.3) is 0 Å². The van der Waals surface area contributed by atoms with Crippen LogP contribution >= 0.6 is 90.4 Å². The Labute approximate surface area is 248 Å². The maximum absolute atomic E-state index is 11.5. The first-order valence-corrected chi connectivity index (χ1v) is 14.1. The van der Waals surface area contributed by atoms with Crippen LogP contribution in [0.2, 0.25) is 0 Å². The van der Waals surface area contributed by atoms with Gasteiger partial charge in [0.15, 0.2) is 0 Å². The predicted octanol–water partition coefficient (Wildman–Crippen LogP) is 5.79. The number of carbonyl (C=O) groups is 2. The molecule has 0 radical (unpaired) electrons. The molecule has 0 aliphatic rings. The molecular formula is C22H25I4NO6. The topological polar surface area (TPSA) is 85.3 Å². The average Bonchev–Trinajstić information content (AvgIpc) is 2.80. The zero-order valence-corrected chi connectivity index (χ0v) is 27.2. The summed E-state index contributed by atoms with van der Waals surface area (Å²) in [6.07, 6.45) is 0. The van der Waals surface area contributed by atoms with E-state index in [1.54, 1.807) is 24.3 Å². The number of benzene rings is 2. The molecule has 11 heteroatoms. The van der Waals surface area contributed by atoms with Crippen LogP contribution in [0.1, 0.15) is 34.6 Å². The molecule has 7 nitrogen and oxygen atoms in total. The molecule has 2 aromatic carbocycles. The number of phenolic OH excluding ortho intramolecular Hbond substituents is 1. The summed E-state index contributed by atoms with van der Waals surface area (Å²) in [5.41, 5.74) is 1.01. The van der Waals surface area contributed by atoms with E-state index in [2.05, 4.69) is 68.7 Å². The number of carbonyl (C=O) groups excluding carboxylic acids is 2. The zero-order chi connectivity index (χ0) is 25.1. The van der Waals surface area contributed by atoms with Crippen LogP contribution < -0.4 is 4.74 Å². The van der Waals surface area contributed by atoms with Gasteiger partial charge in [0.2, 0.25) is 0 Å². The fourth-order valence-corrected chi connectivity index (χ4v) is 6.40. The second kappa shape index (κ2) is 15.8. The van der Waals surface area contributed by atoms with Gasteiger partial charge in [0, 0.05) is 6.54 Å². The highest BCUT2D eigenvalue weighted by molar-refractivity contribution is 14.1. The molecular weight excluding hydrogens is 882 g/mol. The van der Waals surface area contributed by atoms with E-state index in [1.165, 1.54) is 14.2 Å². The quantitative estimate of drug-likeness (QED) is 0.266. The molecule has 0 heterocycles. The van der Waals surface area contributed by atoms with Gasteiger partial charge in [0.1, 0.15) is 18.1 Å². The average molecular weight is 907 g/mol. The maximum atomic E-state index is 11.5. The van der Waals surface area contributed by atoms with Crippen molar-refractivity contribution in [3.8, 4) is 11.5 Å². The predicted molar refractivity (Wildman–Crippen MR) is 161 cm³/mol. The minimum Gasteiger partial charge on any atom is -0.506 e. The smallest absolute Gasteiger partial charge is 0.337 e. The van der Waals surface area contributed by atoms with Gasteiger partial charge >= 0.3 is 11.9 Å². The van der Waals surface area contributed by atoms with E-state index >= 15 is 0 Å². The maximum Gasteiger partial charge on any atom is 0.337 e. The highest BCUT2D eigenvalue weighted by atomic mass is 127. The highest BCUT2D eigenvalue weighted by Crippen LogP contribution is 2.29. The van der Waals surface area contributed by atoms with Gasteiger partial charge in [-0.15, -0.1) is 0 Å². The Morgan fingerprint density at radius 1 is 0.818 bits per heavy atom. The second-order valence-corrected chi connectivity index (χ2v) is 11.1. The molecule has 0 saturated carbocycles. The molecule has 1 N–H and O–H groups in total. The Kier molecular flexibility index (Phi) is 14.8. The van der Waals surface area contributed by atoms with Crippen molar-refractivity contribution in [2.45, 2.75) is 13.8 Å². The van der Waals surface area contributed by atoms with E-state index in [4.69, 9.17) is 9.47 Å². The molecule has 0 spiro atoms. The number of esters is 2. The highest BCUT2D eigenvalue weighted by Gasteiger charge is 2.14. The first-order valence-electron chi connectivity index (χ1n) is 9.78. The Morgan fingerprint density at radius 3 is 1.58 bits per heavy atom. The number of methoxy groups -OCH3 is 2. The standard InChI is InChI=1S/C14H19I2NO3.C8H6I2O3/c1-4-17(5-2)6-7-20-13-11(15)8-10(9-12(13)16)14(18)19-3;1-13-8(12)4-2-5(9)7(11)6(10)3-4/h8-9H,4-7H2,1-3H3;2-3,11H,1H3. The molecule has 0 fully saturated rings. The summed E-state index contributed by atoms with van der Waals surface area (Å²) in [6, 6.07) is 6.76. The van der Waals surface area contributed by atoms with Crippen molar-refractivity contribution in [1.29, 1.82) is 0 Å². The van der Waals surface area contributed by atoms with E-state index in [0.717, 1.165) is 32.5 Å². The number of hydrogen-bond acceptors (Lipinski definition) is 7. The molecule has 0 amide bonds. The van der Waals surface area contributed by atoms with Gasteiger partial charge in [-0.1, -0.05) is 13.8 Å². The van der Waals surface area contributed by atoms with Crippen molar-refractivity contribution in [3.05, 3.63) is 49.7 Å². The fourth-order valence-electron chi connectivity index (χ4n) is 2.55. The third kappa shape index (κ3) is 9.79. The minimum absolute atomic E-state index is 0.203. The summed E-state index contributed by atoms with van der Waals surface area (Å²) in [5, 5.41) is 9.42. The molecule has 2 aromatic rings. The number of ether oxygens (including phenoxy) is 3. The first kappa shape index (κ1) is 30.9. The van der Waals surface area contributed by atoms with Crippen LogP contribution in [-0.4, -0.2) is 62.4 Å². The van der Waals surface area contributed by atoms with Crippen molar-refractivity contribution in [1.82, 2.24) is 4.90 Å². The van der Waals surface area contributed by atoms with Crippen molar-refractivity contribution >= 4 is 102 Å². The largest absolute Gasteiger partial charge is 0.506 e. The lowest BCUT2D eigenvalue weighted by atomic mass is 10.2. The lowest BCUT2D eigenvalue weighted by molar-refractivity contribution is 0.0591. The fraction of sp³-hybridized carbons (Fsp3) is 0.364. The van der Waals surface area contributed by atoms with Gasteiger partial charge < -0.3 is 24.2 Å². The van der Waals surface area contributed by atoms with Crippen LogP contribution in [0.4, 0.5) is 0 Å². The number of likely N-dealkylation sites (N-methyl/N-ethyl adjacent to an activating group) is 1. The number of halogens is 4. The monoisotopic (exact) mass is 907 g/mol. The SMILES string of the molecule is CCN(CC)CCOc1c(I)cc(C(=O)OC)cc1I.COC(=O)c1cc(I)c(O)c(I)c1. The number of rotatable bonds is 8. The van der Waals surface area contributed by atoms with Gasteiger partial charge in [0.25, 0.3) is 0 Å². The van der Waals surface area contributed by atoms with Crippen molar-refractivity contribution < 1.29 is 28.9 Å². The minimum atomic E-state index is -0.393. The summed E-state index contributed by atoms with van der Waals surface area (Å²) in [5.74, 6) is 0.325. The molecule has 0 atom stereocenters.